The molecule has 27 heavy (non-hydrogen) atoms. The molecule has 1 N–H and O–H groups in total. The molecule has 4 heteroatoms. The Balaban J connectivity index is 1.43. The smallest absolute Gasteiger partial charge is 0.225 e. The van der Waals surface area contributed by atoms with Crippen molar-refractivity contribution in [3.8, 4) is 5.75 Å². The molecule has 0 radical (unpaired) electrons. The summed E-state index contributed by atoms with van der Waals surface area (Å²) in [4.78, 5) is 12.8. The van der Waals surface area contributed by atoms with E-state index in [0.29, 0.717) is 13.0 Å². The van der Waals surface area contributed by atoms with Crippen molar-refractivity contribution in [2.24, 2.45) is 0 Å². The molecule has 1 aliphatic rings. The van der Waals surface area contributed by atoms with Crippen LogP contribution in [0.5, 0.6) is 5.75 Å². The van der Waals surface area contributed by atoms with Crippen molar-refractivity contribution in [1.82, 2.24) is 5.32 Å². The molecule has 1 amide bonds. The number of furan rings is 1. The molecule has 5 rings (SSSR count). The number of para-hydroxylation sites is 1. The Hall–Kier alpha value is -3.27. The fourth-order valence-corrected chi connectivity index (χ4v) is 3.91. The Morgan fingerprint density at radius 2 is 1.89 bits per heavy atom. The van der Waals surface area contributed by atoms with Gasteiger partial charge in [-0.05, 0) is 22.9 Å². The van der Waals surface area contributed by atoms with Crippen molar-refractivity contribution < 1.29 is 13.9 Å². The highest BCUT2D eigenvalue weighted by Crippen LogP contribution is 2.33. The molecule has 4 aromatic rings. The summed E-state index contributed by atoms with van der Waals surface area (Å²) in [7, 11) is 0. The summed E-state index contributed by atoms with van der Waals surface area (Å²) in [5, 5.41) is 6.45. The van der Waals surface area contributed by atoms with Gasteiger partial charge in [-0.1, -0.05) is 48.5 Å². The molecule has 0 aliphatic carbocycles. The number of nitrogens with one attached hydrogen (secondary N) is 1. The lowest BCUT2D eigenvalue weighted by atomic mass is 9.99. The van der Waals surface area contributed by atoms with Crippen LogP contribution in [0.3, 0.4) is 0 Å². The van der Waals surface area contributed by atoms with Crippen LogP contribution in [0.15, 0.2) is 71.3 Å². The van der Waals surface area contributed by atoms with Crippen molar-refractivity contribution >= 4 is 27.6 Å². The molecule has 0 fully saturated rings. The van der Waals surface area contributed by atoms with E-state index in [1.165, 1.54) is 0 Å². The maximum Gasteiger partial charge on any atom is 0.225 e. The van der Waals surface area contributed by atoms with Crippen molar-refractivity contribution in [3.05, 3.63) is 78.1 Å². The molecule has 0 saturated heterocycles. The van der Waals surface area contributed by atoms with Gasteiger partial charge in [0.05, 0.1) is 25.3 Å². The van der Waals surface area contributed by atoms with Gasteiger partial charge in [-0.3, -0.25) is 4.79 Å². The van der Waals surface area contributed by atoms with Gasteiger partial charge in [0.2, 0.25) is 5.91 Å². The number of ether oxygens (including phenoxy) is 1. The van der Waals surface area contributed by atoms with E-state index in [9.17, 15) is 4.79 Å². The van der Waals surface area contributed by atoms with Gasteiger partial charge in [0.15, 0.2) is 0 Å². The van der Waals surface area contributed by atoms with Gasteiger partial charge in [0.25, 0.3) is 0 Å². The zero-order chi connectivity index (χ0) is 18.2. The van der Waals surface area contributed by atoms with Crippen LogP contribution in [0.1, 0.15) is 23.6 Å². The van der Waals surface area contributed by atoms with E-state index in [4.69, 9.17) is 9.15 Å². The lowest BCUT2D eigenvalue weighted by molar-refractivity contribution is -0.121. The molecule has 1 unspecified atom stereocenters. The van der Waals surface area contributed by atoms with Crippen LogP contribution < -0.4 is 10.1 Å². The van der Waals surface area contributed by atoms with E-state index in [1.54, 1.807) is 6.26 Å². The number of benzene rings is 3. The third kappa shape index (κ3) is 2.83. The van der Waals surface area contributed by atoms with Gasteiger partial charge < -0.3 is 14.5 Å². The zero-order valence-corrected chi connectivity index (χ0v) is 14.8. The topological polar surface area (TPSA) is 51.5 Å². The molecule has 4 nitrogen and oxygen atoms in total. The Morgan fingerprint density at radius 1 is 1.04 bits per heavy atom. The first-order valence-corrected chi connectivity index (χ1v) is 9.18. The zero-order valence-electron chi connectivity index (χ0n) is 14.8. The number of carbonyl (C=O) groups is 1. The normalized spacial score (nSPS) is 16.1. The summed E-state index contributed by atoms with van der Waals surface area (Å²) in [6, 6.07) is 20.1. The minimum atomic E-state index is -0.0163. The van der Waals surface area contributed by atoms with Crippen molar-refractivity contribution in [2.45, 2.75) is 18.9 Å². The van der Waals surface area contributed by atoms with Crippen LogP contribution in [0.2, 0.25) is 0 Å². The van der Waals surface area contributed by atoms with Crippen LogP contribution >= 0.6 is 0 Å². The van der Waals surface area contributed by atoms with Crippen LogP contribution in [0.25, 0.3) is 21.7 Å². The van der Waals surface area contributed by atoms with Gasteiger partial charge in [0, 0.05) is 22.9 Å². The Bertz CT molecular complexity index is 1140. The fourth-order valence-electron chi connectivity index (χ4n) is 3.91. The number of amides is 1. The maximum absolute atomic E-state index is 12.8. The Morgan fingerprint density at radius 3 is 2.85 bits per heavy atom. The van der Waals surface area contributed by atoms with E-state index in [-0.39, 0.29) is 11.9 Å². The van der Waals surface area contributed by atoms with Gasteiger partial charge in [-0.2, -0.15) is 0 Å². The third-order valence-corrected chi connectivity index (χ3v) is 5.18. The highest BCUT2D eigenvalue weighted by atomic mass is 16.5. The highest BCUT2D eigenvalue weighted by molar-refractivity contribution is 6.08. The molecular formula is C23H19NO3. The summed E-state index contributed by atoms with van der Waals surface area (Å²) in [5.74, 6) is 0.848. The van der Waals surface area contributed by atoms with Crippen molar-refractivity contribution in [1.29, 1.82) is 0 Å². The van der Waals surface area contributed by atoms with Crippen LogP contribution in [-0.4, -0.2) is 12.5 Å². The van der Waals surface area contributed by atoms with Crippen LogP contribution in [0.4, 0.5) is 0 Å². The first kappa shape index (κ1) is 15.9. The van der Waals surface area contributed by atoms with Gasteiger partial charge in [0.1, 0.15) is 11.3 Å². The number of rotatable bonds is 3. The average molecular weight is 357 g/mol. The molecule has 3 aromatic carbocycles. The monoisotopic (exact) mass is 357 g/mol. The average Bonchev–Trinajstić information content (AvgIpc) is 3.11. The van der Waals surface area contributed by atoms with E-state index in [1.807, 2.05) is 48.5 Å². The predicted molar refractivity (Wildman–Crippen MR) is 105 cm³/mol. The second-order valence-corrected chi connectivity index (χ2v) is 6.89. The molecule has 1 aliphatic heterocycles. The molecule has 1 atom stereocenters. The maximum atomic E-state index is 12.8. The SMILES string of the molecule is O=C(Cc1coc2ccc3ccccc3c12)NC1CCOc2ccccc21. The molecule has 134 valence electrons. The first-order valence-electron chi connectivity index (χ1n) is 9.18. The van der Waals surface area contributed by atoms with E-state index >= 15 is 0 Å². The Labute approximate surface area is 156 Å². The van der Waals surface area contributed by atoms with Gasteiger partial charge in [-0.25, -0.2) is 0 Å². The molecule has 0 saturated carbocycles. The fraction of sp³-hybridized carbons (Fsp3) is 0.174. The Kier molecular flexibility index (Phi) is 3.82. The number of hydrogen-bond acceptors (Lipinski definition) is 3. The number of carbonyl (C=O) groups excluding carboxylic acids is 1. The number of fused-ring (bicyclic) bond motifs is 4. The summed E-state index contributed by atoms with van der Waals surface area (Å²) in [6.07, 6.45) is 2.77. The third-order valence-electron chi connectivity index (χ3n) is 5.18. The number of hydrogen-bond donors (Lipinski definition) is 1. The summed E-state index contributed by atoms with van der Waals surface area (Å²) < 4.78 is 11.4. The van der Waals surface area contributed by atoms with Crippen LogP contribution in [-0.2, 0) is 11.2 Å². The van der Waals surface area contributed by atoms with E-state index < -0.39 is 0 Å². The molecule has 1 aromatic heterocycles. The lowest BCUT2D eigenvalue weighted by Crippen LogP contribution is -2.33. The molecular weight excluding hydrogens is 338 g/mol. The summed E-state index contributed by atoms with van der Waals surface area (Å²) >= 11 is 0. The standard InChI is InChI=1S/C23H19NO3/c25-22(24-19-11-12-26-20-8-4-3-7-18(19)20)13-16-14-27-21-10-9-15-5-1-2-6-17(15)23(16)21/h1-10,14,19H,11-13H2,(H,24,25). The second kappa shape index (κ2) is 6.47. The van der Waals surface area contributed by atoms with Crippen LogP contribution in [0, 0.1) is 0 Å². The quantitative estimate of drug-likeness (QED) is 0.575. The minimum absolute atomic E-state index is 0.00710. The lowest BCUT2D eigenvalue weighted by Gasteiger charge is -2.26. The second-order valence-electron chi connectivity index (χ2n) is 6.89. The van der Waals surface area contributed by atoms with E-state index in [0.717, 1.165) is 45.0 Å². The highest BCUT2D eigenvalue weighted by Gasteiger charge is 2.23. The van der Waals surface area contributed by atoms with Crippen molar-refractivity contribution in [2.75, 3.05) is 6.61 Å². The summed E-state index contributed by atoms with van der Waals surface area (Å²) in [6.45, 7) is 0.612. The van der Waals surface area contributed by atoms with Gasteiger partial charge >= 0.3 is 0 Å². The van der Waals surface area contributed by atoms with Gasteiger partial charge in [-0.15, -0.1) is 0 Å². The predicted octanol–water partition coefficient (Wildman–Crippen LogP) is 4.77. The molecule has 2 heterocycles. The molecule has 0 bridgehead atoms. The largest absolute Gasteiger partial charge is 0.493 e. The molecule has 0 spiro atoms. The van der Waals surface area contributed by atoms with E-state index in [2.05, 4.69) is 17.4 Å². The summed E-state index contributed by atoms with van der Waals surface area (Å²) in [5.41, 5.74) is 2.77. The van der Waals surface area contributed by atoms with Crippen molar-refractivity contribution in [3.63, 3.8) is 0 Å². The minimum Gasteiger partial charge on any atom is -0.493 e. The first-order chi connectivity index (χ1) is 13.3.